The lowest BCUT2D eigenvalue weighted by Crippen LogP contribution is -2.34. The van der Waals surface area contributed by atoms with E-state index in [0.717, 1.165) is 0 Å². The molecule has 0 saturated heterocycles. The van der Waals surface area contributed by atoms with E-state index < -0.39 is 23.6 Å². The van der Waals surface area contributed by atoms with Crippen LogP contribution in [0.4, 0.5) is 10.5 Å². The Balaban J connectivity index is 1.67. The van der Waals surface area contributed by atoms with Gasteiger partial charge in [-0.3, -0.25) is 10.2 Å². The Labute approximate surface area is 203 Å². The molecular weight excluding hydrogens is 456 g/mol. The fourth-order valence-corrected chi connectivity index (χ4v) is 2.63. The van der Waals surface area contributed by atoms with Gasteiger partial charge in [-0.05, 0) is 62.7 Å². The largest absolute Gasteiger partial charge is 0.464 e. The summed E-state index contributed by atoms with van der Waals surface area (Å²) in [6, 6.07) is 12.9. The summed E-state index contributed by atoms with van der Waals surface area (Å²) in [5.41, 5.74) is 6.25. The van der Waals surface area contributed by atoms with Gasteiger partial charge in [-0.25, -0.2) is 9.59 Å². The molecule has 0 aliphatic carbocycles. The molecule has 11 heteroatoms. The van der Waals surface area contributed by atoms with Crippen molar-refractivity contribution >= 4 is 29.7 Å². The van der Waals surface area contributed by atoms with Crippen LogP contribution in [0.25, 0.3) is 0 Å². The number of guanidine groups is 1. The first-order chi connectivity index (χ1) is 16.5. The number of rotatable bonds is 10. The summed E-state index contributed by atoms with van der Waals surface area (Å²) in [6.07, 6.45) is -0.523. The number of benzene rings is 2. The molecule has 2 rings (SSSR count). The van der Waals surface area contributed by atoms with Crippen molar-refractivity contribution < 1.29 is 33.3 Å². The number of hydrogen-bond donors (Lipinski definition) is 4. The second kappa shape index (κ2) is 12.8. The minimum Gasteiger partial charge on any atom is -0.464 e. The van der Waals surface area contributed by atoms with Crippen molar-refractivity contribution in [3.8, 4) is 5.75 Å². The van der Waals surface area contributed by atoms with E-state index in [0.29, 0.717) is 22.6 Å². The monoisotopic (exact) mass is 486 g/mol. The number of amides is 1. The third-order valence-electron chi connectivity index (χ3n) is 4.12. The van der Waals surface area contributed by atoms with E-state index in [4.69, 9.17) is 30.1 Å². The molecular formula is C24H30N4O7. The van der Waals surface area contributed by atoms with Gasteiger partial charge in [0.15, 0.2) is 5.96 Å². The average Bonchev–Trinajstić information content (AvgIpc) is 2.77. The first kappa shape index (κ1) is 27.0. The van der Waals surface area contributed by atoms with E-state index in [1.165, 1.54) is 12.1 Å². The summed E-state index contributed by atoms with van der Waals surface area (Å²) >= 11 is 0. The number of nitrogens with two attached hydrogens (primary N) is 1. The molecule has 0 radical (unpaired) electrons. The highest BCUT2D eigenvalue weighted by molar-refractivity contribution is 5.92. The number of carbonyl (C=O) groups excluding carboxylic acids is 3. The maximum atomic E-state index is 12.1. The Hall–Kier alpha value is -4.28. The van der Waals surface area contributed by atoms with E-state index in [2.05, 4.69) is 10.6 Å². The van der Waals surface area contributed by atoms with Gasteiger partial charge in [0.05, 0.1) is 18.5 Å². The smallest absolute Gasteiger partial charge is 0.407 e. The second-order valence-corrected chi connectivity index (χ2v) is 8.28. The number of esters is 2. The molecule has 5 N–H and O–H groups in total. The first-order valence-corrected chi connectivity index (χ1v) is 10.7. The third kappa shape index (κ3) is 10.9. The van der Waals surface area contributed by atoms with Crippen LogP contribution in [0, 0.1) is 5.41 Å². The highest BCUT2D eigenvalue weighted by atomic mass is 16.7. The molecule has 0 aliphatic rings. The van der Waals surface area contributed by atoms with E-state index in [9.17, 15) is 14.4 Å². The molecule has 11 nitrogen and oxygen atoms in total. The summed E-state index contributed by atoms with van der Waals surface area (Å²) in [5, 5.41) is 12.3. The fourth-order valence-electron chi connectivity index (χ4n) is 2.63. The highest BCUT2D eigenvalue weighted by Crippen LogP contribution is 2.14. The van der Waals surface area contributed by atoms with Crippen molar-refractivity contribution in [2.45, 2.75) is 32.8 Å². The number of nitrogens with one attached hydrogen (secondary N) is 3. The van der Waals surface area contributed by atoms with Crippen LogP contribution in [0.1, 0.15) is 36.7 Å². The zero-order valence-electron chi connectivity index (χ0n) is 19.9. The van der Waals surface area contributed by atoms with Gasteiger partial charge in [-0.2, -0.15) is 0 Å². The molecule has 0 atom stereocenters. The number of hydrogen-bond acceptors (Lipinski definition) is 8. The van der Waals surface area contributed by atoms with Crippen molar-refractivity contribution in [3.05, 3.63) is 59.7 Å². The summed E-state index contributed by atoms with van der Waals surface area (Å²) in [5.74, 6) is -0.760. The molecule has 0 unspecified atom stereocenters. The van der Waals surface area contributed by atoms with Crippen LogP contribution >= 0.6 is 0 Å². The molecule has 35 heavy (non-hydrogen) atoms. The molecule has 0 fully saturated rings. The van der Waals surface area contributed by atoms with Crippen molar-refractivity contribution in [2.75, 3.05) is 25.3 Å². The van der Waals surface area contributed by atoms with Crippen molar-refractivity contribution in [1.82, 2.24) is 5.32 Å². The van der Waals surface area contributed by atoms with Crippen LogP contribution in [0.15, 0.2) is 48.5 Å². The minimum atomic E-state index is -0.597. The van der Waals surface area contributed by atoms with E-state index in [1.54, 1.807) is 57.2 Å². The highest BCUT2D eigenvalue weighted by Gasteiger charge is 2.15. The van der Waals surface area contributed by atoms with Crippen LogP contribution in [0.5, 0.6) is 5.75 Å². The molecule has 0 bridgehead atoms. The minimum absolute atomic E-state index is 0.0284. The molecule has 188 valence electrons. The Morgan fingerprint density at radius 3 is 2.23 bits per heavy atom. The second-order valence-electron chi connectivity index (χ2n) is 8.28. The van der Waals surface area contributed by atoms with Crippen molar-refractivity contribution in [1.29, 1.82) is 5.41 Å². The van der Waals surface area contributed by atoms with E-state index in [-0.39, 0.29) is 32.3 Å². The molecule has 0 aliphatic heterocycles. The molecule has 0 heterocycles. The predicted octanol–water partition coefficient (Wildman–Crippen LogP) is 2.80. The summed E-state index contributed by atoms with van der Waals surface area (Å²) < 4.78 is 20.7. The van der Waals surface area contributed by atoms with Gasteiger partial charge >= 0.3 is 18.0 Å². The molecule has 0 spiro atoms. The number of anilines is 1. The maximum Gasteiger partial charge on any atom is 0.407 e. The molecule has 0 aromatic heterocycles. The SMILES string of the molecule is CC(C)(C)OC(=O)NCCOC(=O)Cc1ccc(OCOC(=O)c2ccc(NC(=N)N)cc2)cc1. The maximum absolute atomic E-state index is 12.1. The van der Waals surface area contributed by atoms with Gasteiger partial charge in [0.1, 0.15) is 18.0 Å². The predicted molar refractivity (Wildman–Crippen MR) is 128 cm³/mol. The van der Waals surface area contributed by atoms with Crippen molar-refractivity contribution in [2.24, 2.45) is 5.73 Å². The van der Waals surface area contributed by atoms with Gasteiger partial charge in [-0.1, -0.05) is 12.1 Å². The van der Waals surface area contributed by atoms with E-state index in [1.807, 2.05) is 0 Å². The zero-order chi connectivity index (χ0) is 25.8. The van der Waals surface area contributed by atoms with Gasteiger partial charge in [-0.15, -0.1) is 0 Å². The zero-order valence-corrected chi connectivity index (χ0v) is 19.9. The van der Waals surface area contributed by atoms with Gasteiger partial charge in [0, 0.05) is 5.69 Å². The van der Waals surface area contributed by atoms with Crippen LogP contribution in [0.2, 0.25) is 0 Å². The lowest BCUT2D eigenvalue weighted by atomic mass is 10.1. The summed E-state index contributed by atoms with van der Waals surface area (Å²) in [4.78, 5) is 35.6. The van der Waals surface area contributed by atoms with Gasteiger partial charge in [0.25, 0.3) is 0 Å². The quantitative estimate of drug-likeness (QED) is 0.0987. The summed E-state index contributed by atoms with van der Waals surface area (Å²) in [7, 11) is 0. The number of ether oxygens (including phenoxy) is 4. The van der Waals surface area contributed by atoms with E-state index >= 15 is 0 Å². The van der Waals surface area contributed by atoms with Gasteiger partial charge < -0.3 is 35.3 Å². The molecule has 0 saturated carbocycles. The standard InChI is InChI=1S/C24H30N4O7/c1-24(2,3)35-23(31)27-12-13-32-20(29)14-16-4-10-19(11-5-16)33-15-34-21(30)17-6-8-18(9-7-17)28-22(25)26/h4-11H,12-15H2,1-3H3,(H,27,31)(H4,25,26,28). The Morgan fingerprint density at radius 1 is 0.971 bits per heavy atom. The fraction of sp³-hybridized carbons (Fsp3) is 0.333. The van der Waals surface area contributed by atoms with Crippen LogP contribution < -0.4 is 21.1 Å². The van der Waals surface area contributed by atoms with Gasteiger partial charge in [0.2, 0.25) is 6.79 Å². The molecule has 2 aromatic rings. The lowest BCUT2D eigenvalue weighted by molar-refractivity contribution is -0.142. The number of carbonyl (C=O) groups is 3. The Morgan fingerprint density at radius 2 is 1.63 bits per heavy atom. The first-order valence-electron chi connectivity index (χ1n) is 10.7. The number of alkyl carbamates (subject to hydrolysis) is 1. The Kier molecular flexibility index (Phi) is 9.88. The summed E-state index contributed by atoms with van der Waals surface area (Å²) in [6.45, 7) is 5.15. The van der Waals surface area contributed by atoms with Crippen molar-refractivity contribution in [3.63, 3.8) is 0 Å². The topological polar surface area (TPSA) is 162 Å². The molecule has 2 aromatic carbocycles. The normalized spacial score (nSPS) is 10.6. The Bertz CT molecular complexity index is 1020. The lowest BCUT2D eigenvalue weighted by Gasteiger charge is -2.19. The molecule has 1 amide bonds. The van der Waals surface area contributed by atoms with Crippen LogP contribution in [-0.2, 0) is 25.4 Å². The van der Waals surface area contributed by atoms with Crippen LogP contribution in [0.3, 0.4) is 0 Å². The third-order valence-corrected chi connectivity index (χ3v) is 4.12. The van der Waals surface area contributed by atoms with Crippen LogP contribution in [-0.4, -0.2) is 49.5 Å². The average molecular weight is 487 g/mol.